The Morgan fingerprint density at radius 1 is 1.00 bits per heavy atom. The Hall–Kier alpha value is -4.39. The SMILES string of the molecule is CC(=O)OC1C(=O)C2(C)C(O)CC3OCC3C2C(OC(=O)c2ccccc2)C2(O)C[C@H](OC(=O)C(Cc3ccccc3)OC=O)C(C)=C1C2(C)C. The van der Waals surface area contributed by atoms with Gasteiger partial charge < -0.3 is 33.9 Å². The number of aliphatic hydroxyl groups excluding tert-OH is 1. The minimum Gasteiger partial charge on any atom is -0.455 e. The summed E-state index contributed by atoms with van der Waals surface area (Å²) < 4.78 is 29.2. The molecule has 51 heavy (non-hydrogen) atoms. The van der Waals surface area contributed by atoms with E-state index in [9.17, 15) is 29.4 Å². The standard InChI is InChI=1S/C39H44O12/c1-21-28(50-36(45)27(48-20-40)16-23-12-8-6-9-13-23)18-39(46)34(51-35(44)24-14-10-7-11-15-24)31-25-19-47-26(25)17-29(42)38(31,5)33(43)32(49-22(2)41)30(21)37(39,3)4/h6-15,20,25-29,31-32,34,42,46H,16-19H2,1-5H3/t25?,26?,27?,28-,29?,31?,32?,34?,38?,39?/m0/s1. The zero-order chi connectivity index (χ0) is 36.9. The van der Waals surface area contributed by atoms with E-state index in [-0.39, 0.29) is 43.5 Å². The molecule has 0 aromatic heterocycles. The van der Waals surface area contributed by atoms with Crippen LogP contribution in [0.15, 0.2) is 71.8 Å². The average Bonchev–Trinajstić information content (AvgIpc) is 3.08. The lowest BCUT2D eigenvalue weighted by molar-refractivity contribution is -0.277. The molecule has 2 aromatic carbocycles. The molecule has 3 fully saturated rings. The first-order valence-electron chi connectivity index (χ1n) is 17.2. The van der Waals surface area contributed by atoms with Gasteiger partial charge in [0.1, 0.15) is 17.8 Å². The van der Waals surface area contributed by atoms with Crippen LogP contribution in [-0.2, 0) is 49.3 Å². The van der Waals surface area contributed by atoms with Crippen LogP contribution in [0.5, 0.6) is 0 Å². The van der Waals surface area contributed by atoms with Crippen molar-refractivity contribution in [2.24, 2.45) is 22.7 Å². The maximum Gasteiger partial charge on any atom is 0.348 e. The number of rotatable bonds is 9. The van der Waals surface area contributed by atoms with Gasteiger partial charge in [0.25, 0.3) is 6.47 Å². The third-order valence-corrected chi connectivity index (χ3v) is 11.8. The summed E-state index contributed by atoms with van der Waals surface area (Å²) in [5, 5.41) is 25.1. The molecule has 0 radical (unpaired) electrons. The third kappa shape index (κ3) is 6.06. The second-order valence-corrected chi connectivity index (χ2v) is 14.8. The van der Waals surface area contributed by atoms with Crippen LogP contribution in [0.4, 0.5) is 0 Å². The summed E-state index contributed by atoms with van der Waals surface area (Å²) in [5.41, 5.74) is -3.82. The van der Waals surface area contributed by atoms with Crippen LogP contribution < -0.4 is 0 Å². The van der Waals surface area contributed by atoms with Crippen molar-refractivity contribution in [3.8, 4) is 0 Å². The van der Waals surface area contributed by atoms with Crippen LogP contribution in [0.2, 0.25) is 0 Å². The number of ketones is 1. The van der Waals surface area contributed by atoms with E-state index in [0.717, 1.165) is 6.92 Å². The topological polar surface area (TPSA) is 172 Å². The fourth-order valence-corrected chi connectivity index (χ4v) is 8.86. The minimum absolute atomic E-state index is 0.00374. The number of aliphatic hydroxyl groups is 2. The highest BCUT2D eigenvalue weighted by Crippen LogP contribution is 2.62. The van der Waals surface area contributed by atoms with Crippen LogP contribution in [-0.4, -0.2) is 89.2 Å². The van der Waals surface area contributed by atoms with E-state index in [2.05, 4.69) is 0 Å². The number of carbonyl (C=O) groups is 5. The maximum atomic E-state index is 15.0. The van der Waals surface area contributed by atoms with Gasteiger partial charge in [0.05, 0.1) is 29.8 Å². The van der Waals surface area contributed by atoms with E-state index in [1.807, 2.05) is 0 Å². The Morgan fingerprint density at radius 3 is 2.24 bits per heavy atom. The lowest BCUT2D eigenvalue weighted by Gasteiger charge is -2.64. The number of ether oxygens (including phenoxy) is 5. The molecule has 2 aromatic rings. The number of hydrogen-bond acceptors (Lipinski definition) is 12. The first kappa shape index (κ1) is 36.4. The second-order valence-electron chi connectivity index (χ2n) is 14.8. The maximum absolute atomic E-state index is 15.0. The number of esters is 3. The van der Waals surface area contributed by atoms with Gasteiger partial charge in [-0.2, -0.15) is 0 Å². The van der Waals surface area contributed by atoms with Crippen molar-refractivity contribution in [3.05, 3.63) is 82.9 Å². The van der Waals surface area contributed by atoms with Crippen LogP contribution in [0.1, 0.15) is 63.4 Å². The Labute approximate surface area is 296 Å². The number of benzene rings is 2. The smallest absolute Gasteiger partial charge is 0.348 e. The molecular weight excluding hydrogens is 660 g/mol. The molecule has 272 valence electrons. The molecule has 1 saturated heterocycles. The zero-order valence-electron chi connectivity index (χ0n) is 29.3. The van der Waals surface area contributed by atoms with E-state index in [1.165, 1.54) is 0 Å². The van der Waals surface area contributed by atoms with Crippen LogP contribution in [0, 0.1) is 22.7 Å². The highest BCUT2D eigenvalue weighted by Gasteiger charge is 2.72. The van der Waals surface area contributed by atoms with Crippen molar-refractivity contribution in [1.82, 2.24) is 0 Å². The van der Waals surface area contributed by atoms with E-state index in [0.29, 0.717) is 11.1 Å². The summed E-state index contributed by atoms with van der Waals surface area (Å²) in [6, 6.07) is 17.1. The van der Waals surface area contributed by atoms with Gasteiger partial charge in [-0.3, -0.25) is 14.4 Å². The van der Waals surface area contributed by atoms with Crippen LogP contribution >= 0.6 is 0 Å². The molecule has 1 heterocycles. The first-order valence-corrected chi connectivity index (χ1v) is 17.2. The zero-order valence-corrected chi connectivity index (χ0v) is 29.3. The van der Waals surface area contributed by atoms with Gasteiger partial charge in [0.15, 0.2) is 11.9 Å². The summed E-state index contributed by atoms with van der Waals surface area (Å²) in [5.74, 6) is -4.53. The Morgan fingerprint density at radius 2 is 1.65 bits per heavy atom. The third-order valence-electron chi connectivity index (χ3n) is 11.8. The molecule has 6 rings (SSSR count). The molecule has 12 nitrogen and oxygen atoms in total. The molecule has 10 atom stereocenters. The minimum atomic E-state index is -2.08. The normalized spacial score (nSPS) is 34.3. The Balaban J connectivity index is 1.52. The van der Waals surface area contributed by atoms with Crippen molar-refractivity contribution < 1.29 is 57.9 Å². The van der Waals surface area contributed by atoms with Gasteiger partial charge in [0, 0.05) is 43.4 Å². The predicted molar refractivity (Wildman–Crippen MR) is 179 cm³/mol. The monoisotopic (exact) mass is 704 g/mol. The van der Waals surface area contributed by atoms with Gasteiger partial charge in [0.2, 0.25) is 6.10 Å². The van der Waals surface area contributed by atoms with E-state index >= 15 is 4.79 Å². The largest absolute Gasteiger partial charge is 0.455 e. The molecular formula is C39H44O12. The van der Waals surface area contributed by atoms with Crippen LogP contribution in [0.3, 0.4) is 0 Å². The Kier molecular flexibility index (Phi) is 9.73. The van der Waals surface area contributed by atoms with Gasteiger partial charge in [-0.15, -0.1) is 0 Å². The summed E-state index contributed by atoms with van der Waals surface area (Å²) in [4.78, 5) is 66.9. The number of Topliss-reactive ketones (excluding diaryl/α,β-unsaturated/α-hetero) is 1. The van der Waals surface area contributed by atoms with Crippen LogP contribution in [0.25, 0.3) is 0 Å². The summed E-state index contributed by atoms with van der Waals surface area (Å²) in [6.07, 6.45) is -7.64. The lowest BCUT2D eigenvalue weighted by atomic mass is 9.46. The number of hydrogen-bond donors (Lipinski definition) is 2. The highest BCUT2D eigenvalue weighted by molar-refractivity contribution is 5.95. The quantitative estimate of drug-likeness (QED) is 0.169. The van der Waals surface area contributed by atoms with Crippen molar-refractivity contribution >= 4 is 30.2 Å². The van der Waals surface area contributed by atoms with Gasteiger partial charge in [-0.25, -0.2) is 9.59 Å². The van der Waals surface area contributed by atoms with Crippen molar-refractivity contribution in [2.45, 2.75) is 96.1 Å². The molecule has 1 aliphatic heterocycles. The highest BCUT2D eigenvalue weighted by atomic mass is 16.6. The summed E-state index contributed by atoms with van der Waals surface area (Å²) in [6.45, 7) is 8.00. The van der Waals surface area contributed by atoms with Gasteiger partial charge in [-0.1, -0.05) is 62.4 Å². The summed E-state index contributed by atoms with van der Waals surface area (Å²) >= 11 is 0. The molecule has 9 unspecified atom stereocenters. The summed E-state index contributed by atoms with van der Waals surface area (Å²) in [7, 11) is 0. The first-order chi connectivity index (χ1) is 24.1. The molecule has 12 heteroatoms. The number of carbonyl (C=O) groups excluding carboxylic acids is 5. The van der Waals surface area contributed by atoms with Crippen molar-refractivity contribution in [3.63, 3.8) is 0 Å². The van der Waals surface area contributed by atoms with E-state index in [1.54, 1.807) is 88.4 Å². The van der Waals surface area contributed by atoms with Crippen molar-refractivity contribution in [1.29, 1.82) is 0 Å². The van der Waals surface area contributed by atoms with E-state index in [4.69, 9.17) is 23.7 Å². The fraction of sp³-hybridized carbons (Fsp3) is 0.513. The molecule has 0 spiro atoms. The molecule has 2 N–H and O–H groups in total. The van der Waals surface area contributed by atoms with Gasteiger partial charge in [-0.05, 0) is 42.7 Å². The second kappa shape index (κ2) is 13.6. The molecule has 0 amide bonds. The predicted octanol–water partition coefficient (Wildman–Crippen LogP) is 3.30. The molecule has 2 bridgehead atoms. The number of fused-ring (bicyclic) bond motifs is 5. The van der Waals surface area contributed by atoms with E-state index < -0.39 is 88.6 Å². The molecule has 4 aliphatic rings. The fourth-order valence-electron chi connectivity index (χ4n) is 8.86. The van der Waals surface area contributed by atoms with Gasteiger partial charge >= 0.3 is 17.9 Å². The van der Waals surface area contributed by atoms with Crippen molar-refractivity contribution in [2.75, 3.05) is 6.61 Å². The average molecular weight is 705 g/mol. The molecule has 2 saturated carbocycles. The molecule has 3 aliphatic carbocycles. The Bertz CT molecular complexity index is 1720. The lowest BCUT2D eigenvalue weighted by Crippen LogP contribution is -2.75.